The minimum absolute atomic E-state index is 0.0163. The molecular weight excluding hydrogens is 624 g/mol. The van der Waals surface area contributed by atoms with E-state index in [-0.39, 0.29) is 24.0 Å². The van der Waals surface area contributed by atoms with Gasteiger partial charge in [0, 0.05) is 18.7 Å². The molecule has 8 nitrogen and oxygen atoms in total. The topological polar surface area (TPSA) is 94.3 Å². The third-order valence-corrected chi connectivity index (χ3v) is 7.22. The van der Waals surface area contributed by atoms with Crippen molar-refractivity contribution in [2.75, 3.05) is 13.2 Å². The zero-order valence-electron chi connectivity index (χ0n) is 20.5. The Hall–Kier alpha value is -3.45. The number of thioether (sulfide) groups is 1. The van der Waals surface area contributed by atoms with Crippen molar-refractivity contribution >= 4 is 62.9 Å². The van der Waals surface area contributed by atoms with Gasteiger partial charge in [0.2, 0.25) is 0 Å². The van der Waals surface area contributed by atoms with E-state index in [0.29, 0.717) is 40.4 Å². The molecule has 11 heteroatoms. The molecule has 1 heterocycles. The highest BCUT2D eigenvalue weighted by molar-refractivity contribution is 14.1. The van der Waals surface area contributed by atoms with Crippen LogP contribution in [-0.4, -0.2) is 34.0 Å². The van der Waals surface area contributed by atoms with Gasteiger partial charge in [-0.15, -0.1) is 0 Å². The van der Waals surface area contributed by atoms with Gasteiger partial charge in [-0.1, -0.05) is 0 Å². The molecule has 0 aromatic heterocycles. The lowest BCUT2D eigenvalue weighted by Crippen LogP contribution is -2.28. The first-order chi connectivity index (χ1) is 18.3. The number of ether oxygens (including phenoxy) is 2. The second-order valence-electron chi connectivity index (χ2n) is 8.01. The summed E-state index contributed by atoms with van der Waals surface area (Å²) >= 11 is 3.41. The highest BCUT2D eigenvalue weighted by atomic mass is 127. The van der Waals surface area contributed by atoms with E-state index >= 15 is 0 Å². The molecule has 3 aromatic carbocycles. The minimum atomic E-state index is -0.446. The number of carbonyl (C=O) groups excluding carboxylic acids is 1. The number of rotatable bonds is 9. The lowest BCUT2D eigenvalue weighted by atomic mass is 10.1. The number of likely N-dealkylation sites (N-methyl/N-ethyl adjacent to an activating group) is 1. The highest BCUT2D eigenvalue weighted by Crippen LogP contribution is 2.38. The van der Waals surface area contributed by atoms with Crippen LogP contribution in [0.4, 0.5) is 15.8 Å². The average Bonchev–Trinajstić information content (AvgIpc) is 3.18. The summed E-state index contributed by atoms with van der Waals surface area (Å²) in [6.45, 7) is 4.80. The number of amides is 1. The molecular formula is C27H23FIN3O5S. The van der Waals surface area contributed by atoms with E-state index in [1.807, 2.05) is 26.0 Å². The van der Waals surface area contributed by atoms with Crippen molar-refractivity contribution in [2.24, 2.45) is 4.99 Å². The summed E-state index contributed by atoms with van der Waals surface area (Å²) in [4.78, 5) is 30.1. The summed E-state index contributed by atoms with van der Waals surface area (Å²) in [7, 11) is 0. The van der Waals surface area contributed by atoms with Crippen LogP contribution in [0, 0.1) is 19.5 Å². The predicted molar refractivity (Wildman–Crippen MR) is 154 cm³/mol. The molecule has 1 aliphatic heterocycles. The standard InChI is InChI=1S/C27H23FIN3O5S/c1-3-31-26(33)24(38-27(31)30-20-9-7-19(28)8-10-20)15-18-13-22(29)25(23(14-18)36-4-2)37-16-17-5-11-21(12-6-17)32(34)35/h5-15H,3-4,16H2,1-2H3/b24-15+,30-27?. The lowest BCUT2D eigenvalue weighted by molar-refractivity contribution is -0.384. The Balaban J connectivity index is 1.58. The molecule has 0 spiro atoms. The number of hydrogen-bond acceptors (Lipinski definition) is 7. The van der Waals surface area contributed by atoms with Crippen LogP contribution in [0.15, 0.2) is 70.6 Å². The van der Waals surface area contributed by atoms with Crippen LogP contribution < -0.4 is 9.47 Å². The van der Waals surface area contributed by atoms with Gasteiger partial charge < -0.3 is 9.47 Å². The minimum Gasteiger partial charge on any atom is -0.490 e. The van der Waals surface area contributed by atoms with Gasteiger partial charge in [-0.2, -0.15) is 0 Å². The Morgan fingerprint density at radius 2 is 1.82 bits per heavy atom. The first-order valence-corrected chi connectivity index (χ1v) is 13.6. The largest absolute Gasteiger partial charge is 0.490 e. The Bertz CT molecular complexity index is 1410. The maximum absolute atomic E-state index is 13.3. The predicted octanol–water partition coefficient (Wildman–Crippen LogP) is 6.94. The van der Waals surface area contributed by atoms with Crippen LogP contribution >= 0.6 is 34.4 Å². The van der Waals surface area contributed by atoms with E-state index in [9.17, 15) is 19.3 Å². The summed E-state index contributed by atoms with van der Waals surface area (Å²) in [5.41, 5.74) is 2.11. The van der Waals surface area contributed by atoms with Crippen molar-refractivity contribution in [1.29, 1.82) is 0 Å². The van der Waals surface area contributed by atoms with Crippen LogP contribution in [0.3, 0.4) is 0 Å². The molecule has 3 aromatic rings. The number of nitrogens with zero attached hydrogens (tertiary/aromatic N) is 3. The van der Waals surface area contributed by atoms with E-state index in [4.69, 9.17) is 9.47 Å². The van der Waals surface area contributed by atoms with E-state index in [1.165, 1.54) is 36.0 Å². The molecule has 0 radical (unpaired) electrons. The van der Waals surface area contributed by atoms with Crippen molar-refractivity contribution in [3.8, 4) is 11.5 Å². The number of hydrogen-bond donors (Lipinski definition) is 0. The second-order valence-corrected chi connectivity index (χ2v) is 10.2. The van der Waals surface area contributed by atoms with Gasteiger partial charge in [0.25, 0.3) is 11.6 Å². The molecule has 0 saturated carbocycles. The van der Waals surface area contributed by atoms with Gasteiger partial charge in [-0.25, -0.2) is 9.38 Å². The fourth-order valence-electron chi connectivity index (χ4n) is 3.59. The first-order valence-electron chi connectivity index (χ1n) is 11.7. The zero-order chi connectivity index (χ0) is 27.2. The summed E-state index contributed by atoms with van der Waals surface area (Å²) in [5.74, 6) is 0.560. The third-order valence-electron chi connectivity index (χ3n) is 5.42. The highest BCUT2D eigenvalue weighted by Gasteiger charge is 2.32. The Morgan fingerprint density at radius 3 is 2.45 bits per heavy atom. The van der Waals surface area contributed by atoms with E-state index < -0.39 is 4.92 Å². The number of amidine groups is 1. The van der Waals surface area contributed by atoms with Crippen molar-refractivity contribution < 1.29 is 23.6 Å². The molecule has 196 valence electrons. The van der Waals surface area contributed by atoms with Crippen LogP contribution in [0.2, 0.25) is 0 Å². The van der Waals surface area contributed by atoms with Crippen molar-refractivity contribution in [3.63, 3.8) is 0 Å². The second kappa shape index (κ2) is 12.4. The van der Waals surface area contributed by atoms with Gasteiger partial charge in [-0.3, -0.25) is 19.8 Å². The number of non-ortho nitro benzene ring substituents is 1. The molecule has 1 fully saturated rings. The molecule has 0 unspecified atom stereocenters. The van der Waals surface area contributed by atoms with Crippen LogP contribution in [-0.2, 0) is 11.4 Å². The van der Waals surface area contributed by atoms with Gasteiger partial charge in [-0.05, 0) is 114 Å². The summed E-state index contributed by atoms with van der Waals surface area (Å²) < 4.78 is 25.9. The fourth-order valence-corrected chi connectivity index (χ4v) is 5.43. The Labute approximate surface area is 236 Å². The monoisotopic (exact) mass is 647 g/mol. The molecule has 1 amide bonds. The number of aliphatic imine (C=N–C) groups is 1. The van der Waals surface area contributed by atoms with Crippen LogP contribution in [0.1, 0.15) is 25.0 Å². The summed E-state index contributed by atoms with van der Waals surface area (Å²) in [5, 5.41) is 11.4. The molecule has 4 rings (SSSR count). The van der Waals surface area contributed by atoms with Crippen molar-refractivity contribution in [2.45, 2.75) is 20.5 Å². The molecule has 0 bridgehead atoms. The number of nitro benzene ring substituents is 1. The third kappa shape index (κ3) is 6.51. The maximum Gasteiger partial charge on any atom is 0.269 e. The molecule has 1 aliphatic rings. The lowest BCUT2D eigenvalue weighted by Gasteiger charge is -2.15. The normalized spacial score (nSPS) is 15.4. The number of benzene rings is 3. The fraction of sp³-hybridized carbons (Fsp3) is 0.185. The number of carbonyl (C=O) groups is 1. The smallest absolute Gasteiger partial charge is 0.269 e. The molecule has 38 heavy (non-hydrogen) atoms. The van der Waals surface area contributed by atoms with Crippen molar-refractivity contribution in [3.05, 3.63) is 96.2 Å². The summed E-state index contributed by atoms with van der Waals surface area (Å²) in [6.07, 6.45) is 1.79. The molecule has 0 aliphatic carbocycles. The molecule has 1 saturated heterocycles. The van der Waals surface area contributed by atoms with Gasteiger partial charge in [0.05, 0.1) is 25.7 Å². The van der Waals surface area contributed by atoms with Gasteiger partial charge >= 0.3 is 0 Å². The zero-order valence-corrected chi connectivity index (χ0v) is 23.5. The van der Waals surface area contributed by atoms with Crippen molar-refractivity contribution in [1.82, 2.24) is 4.90 Å². The molecule has 0 N–H and O–H groups in total. The van der Waals surface area contributed by atoms with E-state index in [0.717, 1.165) is 14.7 Å². The Kier molecular flexibility index (Phi) is 9.00. The van der Waals surface area contributed by atoms with E-state index in [1.54, 1.807) is 35.2 Å². The number of nitro groups is 1. The Morgan fingerprint density at radius 1 is 1.11 bits per heavy atom. The number of halogens is 2. The average molecular weight is 647 g/mol. The van der Waals surface area contributed by atoms with Gasteiger partial charge in [0.15, 0.2) is 16.7 Å². The SMILES string of the molecule is CCOc1cc(/C=C2/SC(=Nc3ccc(F)cc3)N(CC)C2=O)cc(I)c1OCc1ccc([N+](=O)[O-])cc1. The molecule has 0 atom stereocenters. The first kappa shape index (κ1) is 27.6. The van der Waals surface area contributed by atoms with Crippen LogP contribution in [0.5, 0.6) is 11.5 Å². The summed E-state index contributed by atoms with van der Waals surface area (Å²) in [6, 6.07) is 15.7. The quantitative estimate of drug-likeness (QED) is 0.108. The maximum atomic E-state index is 13.3. The van der Waals surface area contributed by atoms with E-state index in [2.05, 4.69) is 27.6 Å². The van der Waals surface area contributed by atoms with Crippen LogP contribution in [0.25, 0.3) is 6.08 Å². The van der Waals surface area contributed by atoms with Gasteiger partial charge in [0.1, 0.15) is 12.4 Å².